The first-order chi connectivity index (χ1) is 8.20. The lowest BCUT2D eigenvalue weighted by molar-refractivity contribution is 0.579. The number of hydrogen-bond acceptors (Lipinski definition) is 4. The standard InChI is InChI=1S/C13H13N3O/c1-9(2)15-13-11(8-14)16-12(17-13)10-6-4-3-5-7-10/h3-7,9,15H,1-2H3. The molecule has 1 heterocycles. The maximum atomic E-state index is 8.98. The lowest BCUT2D eigenvalue weighted by Crippen LogP contribution is -2.09. The molecule has 86 valence electrons. The first-order valence-electron chi connectivity index (χ1n) is 5.43. The molecule has 0 spiro atoms. The fraction of sp³-hybridized carbons (Fsp3) is 0.231. The molecule has 0 radical (unpaired) electrons. The van der Waals surface area contributed by atoms with Crippen LogP contribution in [0.3, 0.4) is 0 Å². The predicted molar refractivity (Wildman–Crippen MR) is 65.4 cm³/mol. The molecule has 0 unspecified atom stereocenters. The Balaban J connectivity index is 2.39. The third-order valence-electron chi connectivity index (χ3n) is 2.17. The predicted octanol–water partition coefficient (Wildman–Crippen LogP) is 3.03. The van der Waals surface area contributed by atoms with Crippen molar-refractivity contribution in [3.05, 3.63) is 36.0 Å². The zero-order valence-corrected chi connectivity index (χ0v) is 9.77. The van der Waals surface area contributed by atoms with E-state index in [-0.39, 0.29) is 11.7 Å². The van der Waals surface area contributed by atoms with E-state index in [0.717, 1.165) is 5.56 Å². The number of nitrogens with zero attached hydrogens (tertiary/aromatic N) is 2. The van der Waals surface area contributed by atoms with Crippen molar-refractivity contribution in [3.63, 3.8) is 0 Å². The van der Waals surface area contributed by atoms with Crippen molar-refractivity contribution in [1.82, 2.24) is 4.98 Å². The van der Waals surface area contributed by atoms with Gasteiger partial charge in [0, 0.05) is 11.6 Å². The zero-order valence-electron chi connectivity index (χ0n) is 9.77. The molecule has 0 atom stereocenters. The maximum Gasteiger partial charge on any atom is 0.232 e. The van der Waals surface area contributed by atoms with Crippen LogP contribution in [0, 0.1) is 11.3 Å². The molecule has 0 bridgehead atoms. The molecule has 0 aliphatic carbocycles. The van der Waals surface area contributed by atoms with Crippen LogP contribution in [-0.2, 0) is 0 Å². The van der Waals surface area contributed by atoms with Crippen LogP contribution in [0.2, 0.25) is 0 Å². The molecule has 2 rings (SSSR count). The molecule has 0 aliphatic rings. The second-order valence-electron chi connectivity index (χ2n) is 3.97. The highest BCUT2D eigenvalue weighted by Crippen LogP contribution is 2.25. The molecule has 2 aromatic rings. The maximum absolute atomic E-state index is 8.98. The van der Waals surface area contributed by atoms with Crippen molar-refractivity contribution in [2.75, 3.05) is 5.32 Å². The average Bonchev–Trinajstić information content (AvgIpc) is 2.72. The Labute approximate surface area is 99.9 Å². The molecule has 0 fully saturated rings. The summed E-state index contributed by atoms with van der Waals surface area (Å²) in [5, 5.41) is 12.0. The van der Waals surface area contributed by atoms with Crippen molar-refractivity contribution in [2.45, 2.75) is 19.9 Å². The number of benzene rings is 1. The molecule has 0 saturated heterocycles. The van der Waals surface area contributed by atoms with E-state index in [1.807, 2.05) is 50.2 Å². The van der Waals surface area contributed by atoms with E-state index < -0.39 is 0 Å². The van der Waals surface area contributed by atoms with Crippen LogP contribution in [-0.4, -0.2) is 11.0 Å². The van der Waals surface area contributed by atoms with Crippen molar-refractivity contribution < 1.29 is 4.42 Å². The van der Waals surface area contributed by atoms with Gasteiger partial charge in [-0.25, -0.2) is 0 Å². The summed E-state index contributed by atoms with van der Waals surface area (Å²) < 4.78 is 5.56. The van der Waals surface area contributed by atoms with Gasteiger partial charge >= 0.3 is 0 Å². The van der Waals surface area contributed by atoms with E-state index in [9.17, 15) is 0 Å². The van der Waals surface area contributed by atoms with Gasteiger partial charge in [-0.05, 0) is 26.0 Å². The first kappa shape index (κ1) is 11.2. The molecule has 0 aliphatic heterocycles. The Morgan fingerprint density at radius 1 is 1.29 bits per heavy atom. The molecule has 4 heteroatoms. The van der Waals surface area contributed by atoms with E-state index in [1.165, 1.54) is 0 Å². The van der Waals surface area contributed by atoms with Gasteiger partial charge in [-0.3, -0.25) is 0 Å². The summed E-state index contributed by atoms with van der Waals surface area (Å²) in [4.78, 5) is 4.16. The largest absolute Gasteiger partial charge is 0.419 e. The van der Waals surface area contributed by atoms with Crippen molar-refractivity contribution in [3.8, 4) is 17.5 Å². The minimum Gasteiger partial charge on any atom is -0.419 e. The number of anilines is 1. The summed E-state index contributed by atoms with van der Waals surface area (Å²) in [6.07, 6.45) is 0. The van der Waals surface area contributed by atoms with Crippen LogP contribution in [0.15, 0.2) is 34.7 Å². The van der Waals surface area contributed by atoms with Crippen LogP contribution < -0.4 is 5.32 Å². The smallest absolute Gasteiger partial charge is 0.232 e. The molecular weight excluding hydrogens is 214 g/mol. The highest BCUT2D eigenvalue weighted by Gasteiger charge is 2.14. The van der Waals surface area contributed by atoms with Gasteiger partial charge in [-0.1, -0.05) is 18.2 Å². The van der Waals surface area contributed by atoms with E-state index in [1.54, 1.807) is 0 Å². The third kappa shape index (κ3) is 2.45. The number of nitriles is 1. The third-order valence-corrected chi connectivity index (χ3v) is 2.17. The molecule has 4 nitrogen and oxygen atoms in total. The number of aromatic nitrogens is 1. The minimum atomic E-state index is 0.193. The molecule has 17 heavy (non-hydrogen) atoms. The fourth-order valence-electron chi connectivity index (χ4n) is 1.46. The molecular formula is C13H13N3O. The highest BCUT2D eigenvalue weighted by molar-refractivity contribution is 5.58. The van der Waals surface area contributed by atoms with Gasteiger partial charge in [0.15, 0.2) is 0 Å². The quantitative estimate of drug-likeness (QED) is 0.875. The molecule has 0 amide bonds. The Morgan fingerprint density at radius 2 is 2.00 bits per heavy atom. The fourth-order valence-corrected chi connectivity index (χ4v) is 1.46. The summed E-state index contributed by atoms with van der Waals surface area (Å²) in [7, 11) is 0. The highest BCUT2D eigenvalue weighted by atomic mass is 16.4. The van der Waals surface area contributed by atoms with E-state index in [4.69, 9.17) is 9.68 Å². The second-order valence-corrected chi connectivity index (χ2v) is 3.97. The Kier molecular flexibility index (Phi) is 3.10. The van der Waals surface area contributed by atoms with Gasteiger partial charge in [0.05, 0.1) is 0 Å². The summed E-state index contributed by atoms with van der Waals surface area (Å²) in [6, 6.07) is 11.7. The van der Waals surface area contributed by atoms with Crippen molar-refractivity contribution in [2.24, 2.45) is 0 Å². The zero-order chi connectivity index (χ0) is 12.3. The molecule has 0 saturated carbocycles. The lowest BCUT2D eigenvalue weighted by atomic mass is 10.2. The number of oxazole rings is 1. The molecule has 1 N–H and O–H groups in total. The molecule has 1 aromatic carbocycles. The summed E-state index contributed by atoms with van der Waals surface area (Å²) in [5.41, 5.74) is 1.15. The Bertz CT molecular complexity index is 538. The van der Waals surface area contributed by atoms with Crippen LogP contribution >= 0.6 is 0 Å². The van der Waals surface area contributed by atoms with Gasteiger partial charge in [-0.15, -0.1) is 0 Å². The minimum absolute atomic E-state index is 0.193. The van der Waals surface area contributed by atoms with Crippen LogP contribution in [0.1, 0.15) is 19.5 Å². The number of hydrogen-bond donors (Lipinski definition) is 1. The van der Waals surface area contributed by atoms with E-state index >= 15 is 0 Å². The second kappa shape index (κ2) is 4.71. The summed E-state index contributed by atoms with van der Waals surface area (Å²) >= 11 is 0. The van der Waals surface area contributed by atoms with Crippen molar-refractivity contribution >= 4 is 5.88 Å². The average molecular weight is 227 g/mol. The Hall–Kier alpha value is -2.28. The van der Waals surface area contributed by atoms with Crippen LogP contribution in [0.25, 0.3) is 11.5 Å². The van der Waals surface area contributed by atoms with E-state index in [0.29, 0.717) is 11.8 Å². The Morgan fingerprint density at radius 3 is 2.59 bits per heavy atom. The summed E-state index contributed by atoms with van der Waals surface area (Å²) in [5.74, 6) is 0.895. The number of rotatable bonds is 3. The van der Waals surface area contributed by atoms with Gasteiger partial charge < -0.3 is 9.73 Å². The van der Waals surface area contributed by atoms with Gasteiger partial charge in [0.2, 0.25) is 17.5 Å². The van der Waals surface area contributed by atoms with Gasteiger partial charge in [-0.2, -0.15) is 10.2 Å². The molecule has 1 aromatic heterocycles. The normalized spacial score (nSPS) is 10.2. The van der Waals surface area contributed by atoms with Gasteiger partial charge in [0.1, 0.15) is 6.07 Å². The number of nitrogens with one attached hydrogen (secondary N) is 1. The SMILES string of the molecule is CC(C)Nc1oc(-c2ccccc2)nc1C#N. The lowest BCUT2D eigenvalue weighted by Gasteiger charge is -2.04. The van der Waals surface area contributed by atoms with Crippen molar-refractivity contribution in [1.29, 1.82) is 5.26 Å². The van der Waals surface area contributed by atoms with Crippen LogP contribution in [0.4, 0.5) is 5.88 Å². The van der Waals surface area contributed by atoms with Crippen LogP contribution in [0.5, 0.6) is 0 Å². The summed E-state index contributed by atoms with van der Waals surface area (Å²) in [6.45, 7) is 3.96. The monoisotopic (exact) mass is 227 g/mol. The topological polar surface area (TPSA) is 61.9 Å². The van der Waals surface area contributed by atoms with Gasteiger partial charge in [0.25, 0.3) is 0 Å². The van der Waals surface area contributed by atoms with E-state index in [2.05, 4.69) is 10.3 Å². The first-order valence-corrected chi connectivity index (χ1v) is 5.43.